The number of ether oxygens (including phenoxy) is 2. The number of rotatable bonds is 3. The Hall–Kier alpha value is -2.74. The van der Waals surface area contributed by atoms with Gasteiger partial charge in [-0.1, -0.05) is 6.07 Å². The summed E-state index contributed by atoms with van der Waals surface area (Å²) >= 11 is 0. The number of benzene rings is 2. The average molecular weight is 408 g/mol. The molecule has 2 aromatic rings. The van der Waals surface area contributed by atoms with Crippen LogP contribution in [0.4, 0.5) is 18.9 Å². The number of carbonyl (C=O) groups excluding carboxylic acids is 1. The van der Waals surface area contributed by atoms with Gasteiger partial charge in [0, 0.05) is 6.54 Å². The number of hydrogen-bond acceptors (Lipinski definition) is 3. The van der Waals surface area contributed by atoms with Crippen molar-refractivity contribution in [3.8, 4) is 17.2 Å². The van der Waals surface area contributed by atoms with Crippen LogP contribution in [0, 0.1) is 6.92 Å². The Morgan fingerprint density at radius 3 is 2.38 bits per heavy atom. The highest BCUT2D eigenvalue weighted by Crippen LogP contribution is 2.46. The second kappa shape index (κ2) is 7.26. The fourth-order valence-corrected chi connectivity index (χ4v) is 3.22. The van der Waals surface area contributed by atoms with Crippen LogP contribution >= 0.6 is 0 Å². The van der Waals surface area contributed by atoms with Gasteiger partial charge in [-0.25, -0.2) is 0 Å². The van der Waals surface area contributed by atoms with Crippen molar-refractivity contribution in [2.24, 2.45) is 0 Å². The largest absolute Gasteiger partial charge is 0.454 e. The first-order valence-corrected chi connectivity index (χ1v) is 9.04. The van der Waals surface area contributed by atoms with Crippen LogP contribution in [0.25, 0.3) is 0 Å². The highest BCUT2D eigenvalue weighted by atomic mass is 19.4. The van der Waals surface area contributed by atoms with Crippen molar-refractivity contribution in [2.45, 2.75) is 39.5 Å². The van der Waals surface area contributed by atoms with Crippen molar-refractivity contribution >= 4 is 11.6 Å². The molecule has 0 spiro atoms. The molecule has 29 heavy (non-hydrogen) atoms. The lowest BCUT2D eigenvalue weighted by Crippen LogP contribution is -2.36. The van der Waals surface area contributed by atoms with Gasteiger partial charge in [0.1, 0.15) is 11.3 Å². The van der Waals surface area contributed by atoms with Crippen molar-refractivity contribution < 1.29 is 32.5 Å². The topological polar surface area (TPSA) is 58.7 Å². The van der Waals surface area contributed by atoms with Gasteiger partial charge in [-0.05, 0) is 57.5 Å². The van der Waals surface area contributed by atoms with Gasteiger partial charge in [-0.3, -0.25) is 9.90 Å². The van der Waals surface area contributed by atoms with Crippen LogP contribution < -0.4 is 9.64 Å². The van der Waals surface area contributed by atoms with Gasteiger partial charge in [0.2, 0.25) is 0 Å². The molecule has 2 aromatic carbocycles. The first kappa shape index (κ1) is 21.0. The molecule has 0 saturated carbocycles. The Bertz CT molecular complexity index is 948. The van der Waals surface area contributed by atoms with E-state index in [4.69, 9.17) is 9.47 Å². The molecule has 0 unspecified atom stereocenters. The fourth-order valence-electron chi connectivity index (χ4n) is 3.22. The summed E-state index contributed by atoms with van der Waals surface area (Å²) in [5, 5.41) is 12.3. The molecule has 1 heterocycles. The molecule has 0 aromatic heterocycles. The van der Waals surface area contributed by atoms with Gasteiger partial charge >= 0.3 is 6.18 Å². The van der Waals surface area contributed by atoms with E-state index in [1.807, 2.05) is 20.8 Å². The molecule has 1 radical (unpaired) electrons. The van der Waals surface area contributed by atoms with Crippen LogP contribution in [-0.2, 0) is 16.0 Å². The number of hydrogen-bond donors (Lipinski definition) is 0. The predicted octanol–water partition coefficient (Wildman–Crippen LogP) is 5.73. The van der Waals surface area contributed by atoms with Crippen LogP contribution in [0.5, 0.6) is 17.2 Å². The summed E-state index contributed by atoms with van der Waals surface area (Å²) in [6, 6.07) is 6.18. The van der Waals surface area contributed by atoms with E-state index in [2.05, 4.69) is 0 Å². The lowest BCUT2D eigenvalue weighted by atomic mass is 10.0. The monoisotopic (exact) mass is 408 g/mol. The number of carbonyl (C=O) groups is 1. The zero-order valence-electron chi connectivity index (χ0n) is 16.5. The summed E-state index contributed by atoms with van der Waals surface area (Å²) in [6.45, 7) is 6.79. The molecular weight excluding hydrogens is 387 g/mol. The normalized spacial score (nSPS) is 14.2. The zero-order valence-corrected chi connectivity index (χ0v) is 16.5. The van der Waals surface area contributed by atoms with Gasteiger partial charge < -0.3 is 14.4 Å². The van der Waals surface area contributed by atoms with E-state index in [1.165, 1.54) is 31.2 Å². The summed E-state index contributed by atoms with van der Waals surface area (Å²) in [6.07, 6.45) is -4.60. The van der Waals surface area contributed by atoms with Crippen LogP contribution in [0.15, 0.2) is 30.3 Å². The quantitative estimate of drug-likeness (QED) is 0.652. The number of amides is 1. The number of fused-ring (bicyclic) bond motifs is 2. The van der Waals surface area contributed by atoms with Crippen LogP contribution in [0.3, 0.4) is 0 Å². The Balaban J connectivity index is 2.16. The highest BCUT2D eigenvalue weighted by molar-refractivity contribution is 6.11. The Morgan fingerprint density at radius 2 is 1.76 bits per heavy atom. The molecule has 1 aliphatic heterocycles. The number of anilines is 1. The van der Waals surface area contributed by atoms with E-state index < -0.39 is 29.0 Å². The van der Waals surface area contributed by atoms with Crippen LogP contribution in [0.1, 0.15) is 42.3 Å². The molecule has 0 saturated heterocycles. The molecule has 0 fully saturated rings. The Kier molecular flexibility index (Phi) is 5.25. The van der Waals surface area contributed by atoms with Crippen molar-refractivity contribution in [2.75, 3.05) is 18.1 Å². The van der Waals surface area contributed by atoms with Crippen molar-refractivity contribution in [1.29, 1.82) is 0 Å². The molecule has 1 amide bonds. The minimum atomic E-state index is -4.60. The number of alkyl halides is 3. The van der Waals surface area contributed by atoms with Gasteiger partial charge in [0.25, 0.3) is 5.91 Å². The van der Waals surface area contributed by atoms with Crippen molar-refractivity contribution in [3.05, 3.63) is 47.0 Å². The van der Waals surface area contributed by atoms with Crippen molar-refractivity contribution in [3.63, 3.8) is 0 Å². The van der Waals surface area contributed by atoms with Gasteiger partial charge in [-0.2, -0.15) is 13.2 Å². The number of nitrogens with zero attached hydrogens (tertiary/aromatic N) is 1. The molecular formula is C21H21F3NO4. The lowest BCUT2D eigenvalue weighted by molar-refractivity contribution is -0.138. The second-order valence-corrected chi connectivity index (χ2v) is 7.73. The summed E-state index contributed by atoms with van der Waals surface area (Å²) in [4.78, 5) is 14.3. The molecule has 0 aliphatic carbocycles. The molecule has 8 heteroatoms. The van der Waals surface area contributed by atoms with Gasteiger partial charge in [0.15, 0.2) is 11.5 Å². The highest BCUT2D eigenvalue weighted by Gasteiger charge is 2.38. The molecule has 0 atom stereocenters. The molecule has 3 rings (SSSR count). The van der Waals surface area contributed by atoms with E-state index in [0.29, 0.717) is 0 Å². The maximum Gasteiger partial charge on any atom is 0.416 e. The summed E-state index contributed by atoms with van der Waals surface area (Å²) in [5.41, 5.74) is -1.76. The number of halogens is 3. The fraction of sp³-hybridized carbons (Fsp3) is 0.381. The minimum absolute atomic E-state index is 0.0158. The van der Waals surface area contributed by atoms with Gasteiger partial charge in [-0.15, -0.1) is 0 Å². The van der Waals surface area contributed by atoms with Crippen molar-refractivity contribution in [1.82, 2.24) is 0 Å². The van der Waals surface area contributed by atoms with E-state index in [-0.39, 0.29) is 41.5 Å². The standard InChI is InChI=1S/C21H21F3NO4/c1-12-13(21(22,23)24)8-9-16-18(12)25(10-11-28-20(2,3)4)19(27)17-14(26)6-5-7-15(17)29-16/h5-9H,10-11H2,1-4H3. The maximum absolute atomic E-state index is 13.5. The zero-order chi connectivity index (χ0) is 21.6. The lowest BCUT2D eigenvalue weighted by Gasteiger charge is -2.27. The molecule has 5 nitrogen and oxygen atoms in total. The summed E-state index contributed by atoms with van der Waals surface area (Å²) in [7, 11) is 0. The minimum Gasteiger partial charge on any atom is -0.454 e. The Labute approximate surface area is 166 Å². The molecule has 155 valence electrons. The molecule has 0 N–H and O–H groups in total. The second-order valence-electron chi connectivity index (χ2n) is 7.73. The average Bonchev–Trinajstić information content (AvgIpc) is 2.69. The van der Waals surface area contributed by atoms with Crippen LogP contribution in [-0.4, -0.2) is 24.7 Å². The van der Waals surface area contributed by atoms with Crippen LogP contribution in [0.2, 0.25) is 0 Å². The molecule has 0 bridgehead atoms. The Morgan fingerprint density at radius 1 is 1.07 bits per heavy atom. The van der Waals surface area contributed by atoms with E-state index in [9.17, 15) is 23.1 Å². The summed E-state index contributed by atoms with van der Waals surface area (Å²) < 4.78 is 51.7. The van der Waals surface area contributed by atoms with E-state index in [1.54, 1.807) is 0 Å². The summed E-state index contributed by atoms with van der Waals surface area (Å²) in [5.74, 6) is -1.19. The van der Waals surface area contributed by atoms with E-state index >= 15 is 0 Å². The SMILES string of the molecule is Cc1c(C(F)(F)F)ccc2c1N(CCOC(C)(C)C)C(=O)c1c([O])cccc1O2. The van der Waals surface area contributed by atoms with Gasteiger partial charge in [0.05, 0.1) is 23.5 Å². The first-order chi connectivity index (χ1) is 13.4. The third-order valence-corrected chi connectivity index (χ3v) is 4.49. The maximum atomic E-state index is 13.5. The molecule has 1 aliphatic rings. The smallest absolute Gasteiger partial charge is 0.416 e. The van der Waals surface area contributed by atoms with E-state index in [0.717, 1.165) is 11.0 Å². The third kappa shape index (κ3) is 4.17. The predicted molar refractivity (Wildman–Crippen MR) is 100 cm³/mol. The first-order valence-electron chi connectivity index (χ1n) is 9.04. The third-order valence-electron chi connectivity index (χ3n) is 4.49.